The Bertz CT molecular complexity index is 131. The van der Waals surface area contributed by atoms with Crippen molar-refractivity contribution in [3.05, 3.63) is 0 Å². The van der Waals surface area contributed by atoms with Gasteiger partial charge >= 0.3 is 5.97 Å². The number of carbonyl (C=O) groups is 1. The molecule has 0 aliphatic carbocycles. The van der Waals surface area contributed by atoms with Crippen molar-refractivity contribution in [2.45, 2.75) is 6.42 Å². The minimum absolute atomic E-state index is 0.273. The molecule has 0 aromatic rings. The lowest BCUT2D eigenvalue weighted by Crippen LogP contribution is -1.91. The van der Waals surface area contributed by atoms with E-state index in [0.717, 1.165) is 0 Å². The van der Waals surface area contributed by atoms with Crippen LogP contribution in [0.2, 0.25) is 0 Å². The molecule has 0 aromatic heterocycles. The predicted molar refractivity (Wildman–Crippen MR) is 27.9 cm³/mol. The SMILES string of the molecule is O=C1CC(P)=NO1. The Kier molecular flexibility index (Phi) is 1.07. The van der Waals surface area contributed by atoms with E-state index in [1.807, 2.05) is 0 Å². The maximum absolute atomic E-state index is 10.1. The van der Waals surface area contributed by atoms with E-state index in [2.05, 4.69) is 19.2 Å². The summed E-state index contributed by atoms with van der Waals surface area (Å²) in [6, 6.07) is 0. The molecule has 0 fully saturated rings. The van der Waals surface area contributed by atoms with Crippen molar-refractivity contribution < 1.29 is 9.63 Å². The van der Waals surface area contributed by atoms with Crippen molar-refractivity contribution in [2.24, 2.45) is 5.16 Å². The van der Waals surface area contributed by atoms with E-state index in [9.17, 15) is 4.79 Å². The van der Waals surface area contributed by atoms with E-state index < -0.39 is 0 Å². The largest absolute Gasteiger partial charge is 0.341 e. The van der Waals surface area contributed by atoms with E-state index in [0.29, 0.717) is 11.9 Å². The van der Waals surface area contributed by atoms with E-state index in [1.54, 1.807) is 0 Å². The lowest BCUT2D eigenvalue weighted by molar-refractivity contribution is -0.140. The molecule has 0 aromatic carbocycles. The highest BCUT2D eigenvalue weighted by molar-refractivity contribution is 7.41. The molecule has 4 heteroatoms. The van der Waals surface area contributed by atoms with Gasteiger partial charge in [-0.2, -0.15) is 0 Å². The molecule has 3 nitrogen and oxygen atoms in total. The Morgan fingerprint density at radius 3 is 2.71 bits per heavy atom. The van der Waals surface area contributed by atoms with Gasteiger partial charge in [0.1, 0.15) is 0 Å². The van der Waals surface area contributed by atoms with Crippen molar-refractivity contribution in [2.75, 3.05) is 0 Å². The fourth-order valence-corrected chi connectivity index (χ4v) is 0.541. The molecule has 0 saturated heterocycles. The minimum atomic E-state index is -0.273. The molecule has 38 valence electrons. The normalized spacial score (nSPS) is 19.0. The molecule has 1 unspecified atom stereocenters. The highest BCUT2D eigenvalue weighted by Gasteiger charge is 2.11. The van der Waals surface area contributed by atoms with Crippen LogP contribution < -0.4 is 0 Å². The second kappa shape index (κ2) is 1.58. The van der Waals surface area contributed by atoms with Crippen molar-refractivity contribution in [1.29, 1.82) is 0 Å². The first-order valence-corrected chi connectivity index (χ1v) is 2.39. The molecule has 7 heavy (non-hydrogen) atoms. The van der Waals surface area contributed by atoms with Crippen LogP contribution in [0.15, 0.2) is 5.16 Å². The average Bonchev–Trinajstić information content (AvgIpc) is 1.87. The predicted octanol–water partition coefficient (Wildman–Crippen LogP) is 0.122. The molecule has 0 amide bonds. The fourth-order valence-electron chi connectivity index (χ4n) is 0.322. The van der Waals surface area contributed by atoms with Gasteiger partial charge in [-0.1, -0.05) is 14.4 Å². The molecule has 1 aliphatic rings. The molecule has 1 heterocycles. The van der Waals surface area contributed by atoms with Crippen LogP contribution in [0.25, 0.3) is 0 Å². The van der Waals surface area contributed by atoms with Crippen LogP contribution in [0.3, 0.4) is 0 Å². The number of carbonyl (C=O) groups excluding carboxylic acids is 1. The smallest absolute Gasteiger partial charge is 0.318 e. The summed E-state index contributed by atoms with van der Waals surface area (Å²) in [6.07, 6.45) is 0.324. The molecular weight excluding hydrogens is 113 g/mol. The third-order valence-electron chi connectivity index (χ3n) is 0.590. The van der Waals surface area contributed by atoms with Crippen LogP contribution in [-0.2, 0) is 9.63 Å². The zero-order valence-corrected chi connectivity index (χ0v) is 4.70. The number of rotatable bonds is 0. The summed E-state index contributed by atoms with van der Waals surface area (Å²) in [6.45, 7) is 0. The van der Waals surface area contributed by atoms with E-state index in [4.69, 9.17) is 0 Å². The highest BCUT2D eigenvalue weighted by atomic mass is 31.0. The van der Waals surface area contributed by atoms with Crippen LogP contribution in [0.4, 0.5) is 0 Å². The van der Waals surface area contributed by atoms with Crippen LogP contribution in [0.5, 0.6) is 0 Å². The monoisotopic (exact) mass is 117 g/mol. The van der Waals surface area contributed by atoms with Gasteiger partial charge in [-0.05, 0) is 0 Å². The quantitative estimate of drug-likeness (QED) is 0.334. The third-order valence-corrected chi connectivity index (χ3v) is 0.900. The van der Waals surface area contributed by atoms with Crippen molar-refractivity contribution >= 4 is 20.7 Å². The number of oxime groups is 1. The maximum atomic E-state index is 10.1. The molecule has 1 aliphatic heterocycles. The first-order valence-electron chi connectivity index (χ1n) is 1.81. The molecule has 0 spiro atoms. The molecule has 0 bridgehead atoms. The van der Waals surface area contributed by atoms with Gasteiger partial charge in [0.25, 0.3) is 0 Å². The summed E-state index contributed by atoms with van der Waals surface area (Å²) in [5, 5.41) is 3.35. The molecule has 1 rings (SSSR count). The van der Waals surface area contributed by atoms with E-state index >= 15 is 0 Å². The molecular formula is C3H4NO2P. The fraction of sp³-hybridized carbons (Fsp3) is 0.333. The summed E-state index contributed by atoms with van der Waals surface area (Å²) in [5.41, 5.74) is 0.671. The molecule has 0 radical (unpaired) electrons. The second-order valence-corrected chi connectivity index (χ2v) is 1.89. The van der Waals surface area contributed by atoms with Crippen LogP contribution in [0, 0.1) is 0 Å². The first-order chi connectivity index (χ1) is 3.29. The molecule has 1 atom stereocenters. The second-order valence-electron chi connectivity index (χ2n) is 1.22. The number of nitrogens with zero attached hydrogens (tertiary/aromatic N) is 1. The van der Waals surface area contributed by atoms with Crippen LogP contribution in [0.1, 0.15) is 6.42 Å². The minimum Gasteiger partial charge on any atom is -0.318 e. The number of hydrogen-bond donors (Lipinski definition) is 0. The average molecular weight is 117 g/mol. The summed E-state index contributed by atoms with van der Waals surface area (Å²) in [4.78, 5) is 14.3. The number of hydrogen-bond acceptors (Lipinski definition) is 3. The first kappa shape index (κ1) is 4.72. The summed E-state index contributed by atoms with van der Waals surface area (Å²) in [5.74, 6) is -0.273. The Morgan fingerprint density at radius 2 is 2.57 bits per heavy atom. The van der Waals surface area contributed by atoms with Gasteiger partial charge < -0.3 is 4.84 Å². The van der Waals surface area contributed by atoms with Gasteiger partial charge in [-0.25, -0.2) is 4.79 Å². The Labute approximate surface area is 42.9 Å². The molecule has 0 saturated carbocycles. The Hall–Kier alpha value is -0.430. The zero-order chi connectivity index (χ0) is 5.28. The lowest BCUT2D eigenvalue weighted by atomic mass is 10.5. The lowest BCUT2D eigenvalue weighted by Gasteiger charge is -1.75. The summed E-state index contributed by atoms with van der Waals surface area (Å²) < 4.78 is 0. The van der Waals surface area contributed by atoms with Gasteiger partial charge in [0.15, 0.2) is 0 Å². The maximum Gasteiger partial charge on any atom is 0.341 e. The van der Waals surface area contributed by atoms with Gasteiger partial charge in [-0.15, -0.1) is 0 Å². The third kappa shape index (κ3) is 0.967. The van der Waals surface area contributed by atoms with Gasteiger partial charge in [0.05, 0.1) is 11.9 Å². The van der Waals surface area contributed by atoms with Gasteiger partial charge in [-0.3, -0.25) is 0 Å². The Morgan fingerprint density at radius 1 is 1.86 bits per heavy atom. The van der Waals surface area contributed by atoms with Gasteiger partial charge in [0.2, 0.25) is 0 Å². The van der Waals surface area contributed by atoms with Crippen molar-refractivity contribution in [1.82, 2.24) is 0 Å². The van der Waals surface area contributed by atoms with Gasteiger partial charge in [0, 0.05) is 0 Å². The van der Waals surface area contributed by atoms with Crippen molar-refractivity contribution in [3.63, 3.8) is 0 Å². The molecule has 0 N–H and O–H groups in total. The van der Waals surface area contributed by atoms with E-state index in [1.165, 1.54) is 0 Å². The topological polar surface area (TPSA) is 38.7 Å². The van der Waals surface area contributed by atoms with Crippen molar-refractivity contribution in [3.8, 4) is 0 Å². The van der Waals surface area contributed by atoms with E-state index in [-0.39, 0.29) is 5.97 Å². The van der Waals surface area contributed by atoms with Crippen LogP contribution in [-0.4, -0.2) is 11.4 Å². The highest BCUT2D eigenvalue weighted by Crippen LogP contribution is 2.06. The summed E-state index contributed by atoms with van der Waals surface area (Å²) >= 11 is 0. The Balaban J connectivity index is 2.58. The summed E-state index contributed by atoms with van der Waals surface area (Å²) in [7, 11) is 2.30. The zero-order valence-electron chi connectivity index (χ0n) is 3.55. The standard InChI is InChI=1S/C3H4NO2P/c5-3-1-2(7)4-6-3/h1,7H2. The van der Waals surface area contributed by atoms with Crippen LogP contribution >= 0.6 is 9.24 Å².